The van der Waals surface area contributed by atoms with Gasteiger partial charge in [-0.05, 0) is 62.2 Å². The number of imidazole rings is 1. The zero-order valence-corrected chi connectivity index (χ0v) is 20.9. The van der Waals surface area contributed by atoms with Crippen LogP contribution in [0.2, 0.25) is 5.02 Å². The predicted octanol–water partition coefficient (Wildman–Crippen LogP) is 4.85. The third-order valence-electron chi connectivity index (χ3n) is 5.92. The van der Waals surface area contributed by atoms with Crippen molar-refractivity contribution in [3.8, 4) is 11.5 Å². The third kappa shape index (κ3) is 5.23. The largest absolute Gasteiger partial charge is 0.507 e. The number of carbonyl (C=O) groups excluding carboxylic acids is 2. The Kier molecular flexibility index (Phi) is 7.95. The molecular formula is C27H28ClN3O5. The number of aliphatic hydroxyl groups excluding tert-OH is 1. The maximum atomic E-state index is 13.2. The molecule has 4 rings (SSSR count). The van der Waals surface area contributed by atoms with Crippen molar-refractivity contribution in [3.63, 3.8) is 0 Å². The summed E-state index contributed by atoms with van der Waals surface area (Å²) in [5, 5.41) is 11.7. The van der Waals surface area contributed by atoms with E-state index in [1.807, 2.05) is 24.6 Å². The molecule has 9 heteroatoms. The van der Waals surface area contributed by atoms with Gasteiger partial charge in [-0.1, -0.05) is 17.7 Å². The van der Waals surface area contributed by atoms with Crippen molar-refractivity contribution in [2.45, 2.75) is 32.9 Å². The van der Waals surface area contributed by atoms with E-state index in [-0.39, 0.29) is 11.3 Å². The summed E-state index contributed by atoms with van der Waals surface area (Å²) >= 11 is 6.00. The number of Topliss-reactive ketones (excluding diaryl/α,β-unsaturated/α-hetero) is 1. The Bertz CT molecular complexity index is 1250. The molecule has 0 aliphatic carbocycles. The number of benzene rings is 2. The van der Waals surface area contributed by atoms with Crippen LogP contribution in [0.5, 0.6) is 11.5 Å². The SMILES string of the molecule is CCOc1ccc([C@H]2/C(=C(\O)c3ccc(Cl)cc3)C(=O)C(=O)N2CCCn2ccnc2)cc1OCC. The highest BCUT2D eigenvalue weighted by Gasteiger charge is 2.46. The minimum absolute atomic E-state index is 0.0246. The van der Waals surface area contributed by atoms with Crippen molar-refractivity contribution < 1.29 is 24.2 Å². The molecule has 0 unspecified atom stereocenters. The average Bonchev–Trinajstić information content (AvgIpc) is 3.48. The number of hydrogen-bond donors (Lipinski definition) is 1. The van der Waals surface area contributed by atoms with E-state index in [0.717, 1.165) is 0 Å². The van der Waals surface area contributed by atoms with Crippen LogP contribution in [-0.2, 0) is 16.1 Å². The monoisotopic (exact) mass is 509 g/mol. The zero-order chi connectivity index (χ0) is 25.7. The summed E-state index contributed by atoms with van der Waals surface area (Å²) in [6.07, 6.45) is 5.82. The standard InChI is InChI=1S/C27H28ClN3O5/c1-3-35-21-11-8-19(16-22(21)36-4-2)24-23(25(32)18-6-9-20(28)10-7-18)26(33)27(34)31(24)14-5-13-30-15-12-29-17-30/h6-12,15-17,24,32H,3-5,13-14H2,1-2H3/b25-23+/t24-/m0/s1. The van der Waals surface area contributed by atoms with Gasteiger partial charge in [0, 0.05) is 36.1 Å². The van der Waals surface area contributed by atoms with Crippen LogP contribution in [0.1, 0.15) is 37.4 Å². The quantitative estimate of drug-likeness (QED) is 0.238. The van der Waals surface area contributed by atoms with Crippen molar-refractivity contribution in [2.24, 2.45) is 0 Å². The second kappa shape index (κ2) is 11.3. The molecule has 1 fully saturated rings. The number of ketones is 1. The first-order chi connectivity index (χ1) is 17.4. The highest BCUT2D eigenvalue weighted by atomic mass is 35.5. The fourth-order valence-electron chi connectivity index (χ4n) is 4.30. The number of ether oxygens (including phenoxy) is 2. The lowest BCUT2D eigenvalue weighted by molar-refractivity contribution is -0.139. The van der Waals surface area contributed by atoms with Gasteiger partial charge in [-0.25, -0.2) is 4.98 Å². The molecule has 1 atom stereocenters. The maximum absolute atomic E-state index is 13.2. The molecule has 1 amide bonds. The molecule has 2 aromatic carbocycles. The fraction of sp³-hybridized carbons (Fsp3) is 0.296. The van der Waals surface area contributed by atoms with Crippen LogP contribution >= 0.6 is 11.6 Å². The number of aromatic nitrogens is 2. The smallest absolute Gasteiger partial charge is 0.295 e. The fourth-order valence-corrected chi connectivity index (χ4v) is 4.43. The molecule has 1 aliphatic heterocycles. The Morgan fingerprint density at radius 1 is 1.03 bits per heavy atom. The predicted molar refractivity (Wildman–Crippen MR) is 136 cm³/mol. The number of likely N-dealkylation sites (tertiary alicyclic amines) is 1. The van der Waals surface area contributed by atoms with Crippen LogP contribution in [0.25, 0.3) is 5.76 Å². The van der Waals surface area contributed by atoms with Gasteiger partial charge in [0.25, 0.3) is 11.7 Å². The van der Waals surface area contributed by atoms with E-state index >= 15 is 0 Å². The summed E-state index contributed by atoms with van der Waals surface area (Å²) < 4.78 is 13.4. The van der Waals surface area contributed by atoms with Crippen LogP contribution in [0, 0.1) is 0 Å². The lowest BCUT2D eigenvalue weighted by atomic mass is 9.95. The second-order valence-electron chi connectivity index (χ2n) is 8.23. The van der Waals surface area contributed by atoms with Crippen molar-refractivity contribution in [2.75, 3.05) is 19.8 Å². The molecule has 0 radical (unpaired) electrons. The topological polar surface area (TPSA) is 93.9 Å². The minimum Gasteiger partial charge on any atom is -0.507 e. The van der Waals surface area contributed by atoms with Crippen molar-refractivity contribution in [3.05, 3.63) is 82.9 Å². The number of aryl methyl sites for hydroxylation is 1. The Morgan fingerprint density at radius 3 is 2.42 bits per heavy atom. The second-order valence-corrected chi connectivity index (χ2v) is 8.66. The van der Waals surface area contributed by atoms with E-state index in [2.05, 4.69) is 4.98 Å². The lowest BCUT2D eigenvalue weighted by Crippen LogP contribution is -2.31. The number of nitrogens with zero attached hydrogens (tertiary/aromatic N) is 3. The van der Waals surface area contributed by atoms with Crippen LogP contribution in [0.3, 0.4) is 0 Å². The first-order valence-corrected chi connectivity index (χ1v) is 12.2. The van der Waals surface area contributed by atoms with Crippen molar-refractivity contribution in [1.29, 1.82) is 0 Å². The van der Waals surface area contributed by atoms with Crippen LogP contribution in [0.4, 0.5) is 0 Å². The summed E-state index contributed by atoms with van der Waals surface area (Å²) in [4.78, 5) is 32.0. The summed E-state index contributed by atoms with van der Waals surface area (Å²) in [5.74, 6) is -0.570. The molecule has 1 N–H and O–H groups in total. The van der Waals surface area contributed by atoms with Crippen molar-refractivity contribution in [1.82, 2.24) is 14.5 Å². The van der Waals surface area contributed by atoms with Crippen LogP contribution in [0.15, 0.2) is 66.8 Å². The van der Waals surface area contributed by atoms with E-state index in [1.54, 1.807) is 55.0 Å². The number of amides is 1. The van der Waals surface area contributed by atoms with Gasteiger partial charge in [0.15, 0.2) is 11.5 Å². The van der Waals surface area contributed by atoms with Gasteiger partial charge in [0.05, 0.1) is 31.2 Å². The summed E-state index contributed by atoms with van der Waals surface area (Å²) in [5.41, 5.74) is 1.06. The average molecular weight is 510 g/mol. The number of rotatable bonds is 10. The number of halogens is 1. The normalized spacial score (nSPS) is 17.0. The number of aliphatic hydroxyl groups is 1. The molecule has 0 saturated carbocycles. The van der Waals surface area contributed by atoms with Gasteiger partial charge >= 0.3 is 0 Å². The Morgan fingerprint density at radius 2 is 1.75 bits per heavy atom. The van der Waals surface area contributed by atoms with E-state index in [0.29, 0.717) is 60.4 Å². The molecule has 3 aromatic rings. The highest BCUT2D eigenvalue weighted by molar-refractivity contribution is 6.46. The minimum atomic E-state index is -0.793. The Hall–Kier alpha value is -3.78. The van der Waals surface area contributed by atoms with E-state index in [9.17, 15) is 14.7 Å². The summed E-state index contributed by atoms with van der Waals surface area (Å²) in [7, 11) is 0. The summed E-state index contributed by atoms with van der Waals surface area (Å²) in [6, 6.07) is 11.0. The Labute approximate surface area is 214 Å². The maximum Gasteiger partial charge on any atom is 0.295 e. The molecule has 1 saturated heterocycles. The van der Waals surface area contributed by atoms with Gasteiger partial charge < -0.3 is 24.0 Å². The molecule has 1 aromatic heterocycles. The Balaban J connectivity index is 1.77. The van der Waals surface area contributed by atoms with E-state index < -0.39 is 17.7 Å². The first kappa shape index (κ1) is 25.3. The highest BCUT2D eigenvalue weighted by Crippen LogP contribution is 2.42. The van der Waals surface area contributed by atoms with Crippen molar-refractivity contribution >= 4 is 29.1 Å². The summed E-state index contributed by atoms with van der Waals surface area (Å²) in [6.45, 7) is 5.56. The molecule has 0 bridgehead atoms. The number of carbonyl (C=O) groups is 2. The molecule has 188 valence electrons. The van der Waals surface area contributed by atoms with E-state index in [4.69, 9.17) is 21.1 Å². The van der Waals surface area contributed by atoms with Gasteiger partial charge in [-0.3, -0.25) is 9.59 Å². The van der Waals surface area contributed by atoms with Crippen LogP contribution in [-0.4, -0.2) is 51.0 Å². The van der Waals surface area contributed by atoms with Gasteiger partial charge in [0.2, 0.25) is 0 Å². The molecule has 8 nitrogen and oxygen atoms in total. The molecule has 0 spiro atoms. The molecule has 2 heterocycles. The lowest BCUT2D eigenvalue weighted by Gasteiger charge is -2.26. The van der Waals surface area contributed by atoms with Gasteiger partial charge in [0.1, 0.15) is 5.76 Å². The number of hydrogen-bond acceptors (Lipinski definition) is 6. The molecular weight excluding hydrogens is 482 g/mol. The van der Waals surface area contributed by atoms with Crippen LogP contribution < -0.4 is 9.47 Å². The zero-order valence-electron chi connectivity index (χ0n) is 20.2. The van der Waals surface area contributed by atoms with E-state index in [1.165, 1.54) is 4.90 Å². The third-order valence-corrected chi connectivity index (χ3v) is 6.17. The van der Waals surface area contributed by atoms with Gasteiger partial charge in [-0.2, -0.15) is 0 Å². The molecule has 1 aliphatic rings. The van der Waals surface area contributed by atoms with Gasteiger partial charge in [-0.15, -0.1) is 0 Å². The molecule has 36 heavy (non-hydrogen) atoms. The first-order valence-electron chi connectivity index (χ1n) is 11.8.